The van der Waals surface area contributed by atoms with E-state index in [9.17, 15) is 4.39 Å². The van der Waals surface area contributed by atoms with E-state index in [0.717, 1.165) is 18.7 Å². The predicted molar refractivity (Wildman–Crippen MR) is 85.1 cm³/mol. The second-order valence-corrected chi connectivity index (χ2v) is 7.12. The van der Waals surface area contributed by atoms with Crippen LogP contribution >= 0.6 is 11.6 Å². The maximum Gasteiger partial charge on any atom is 0.129 e. The van der Waals surface area contributed by atoms with Crippen LogP contribution in [-0.4, -0.2) is 29.6 Å². The first-order valence-corrected chi connectivity index (χ1v) is 8.39. The van der Waals surface area contributed by atoms with Crippen molar-refractivity contribution in [1.82, 2.24) is 10.2 Å². The molecule has 1 aromatic rings. The van der Waals surface area contributed by atoms with Crippen LogP contribution in [0.5, 0.6) is 0 Å². The SMILES string of the molecule is CC1CN(Cc2ccc(Cl)cc2F)C2(CCCCC2)CN1. The molecular weight excluding hydrogens is 287 g/mol. The Hall–Kier alpha value is -0.640. The lowest BCUT2D eigenvalue weighted by Crippen LogP contribution is -2.64. The summed E-state index contributed by atoms with van der Waals surface area (Å²) in [5.74, 6) is -0.181. The quantitative estimate of drug-likeness (QED) is 0.889. The van der Waals surface area contributed by atoms with E-state index in [0.29, 0.717) is 17.6 Å². The fourth-order valence-electron chi connectivity index (χ4n) is 3.86. The lowest BCUT2D eigenvalue weighted by molar-refractivity contribution is 0.00548. The summed E-state index contributed by atoms with van der Waals surface area (Å²) in [5, 5.41) is 4.10. The van der Waals surface area contributed by atoms with Crippen LogP contribution in [0, 0.1) is 5.82 Å². The van der Waals surface area contributed by atoms with Gasteiger partial charge < -0.3 is 5.32 Å². The smallest absolute Gasteiger partial charge is 0.129 e. The predicted octanol–water partition coefficient (Wildman–Crippen LogP) is 3.98. The molecule has 1 spiro atoms. The zero-order valence-corrected chi connectivity index (χ0v) is 13.4. The first-order valence-electron chi connectivity index (χ1n) is 8.01. The molecule has 3 rings (SSSR count). The Labute approximate surface area is 131 Å². The normalized spacial score (nSPS) is 26.1. The van der Waals surface area contributed by atoms with E-state index in [1.165, 1.54) is 38.2 Å². The van der Waals surface area contributed by atoms with Crippen molar-refractivity contribution in [1.29, 1.82) is 0 Å². The third-order valence-electron chi connectivity index (χ3n) is 5.11. The van der Waals surface area contributed by atoms with Gasteiger partial charge in [-0.3, -0.25) is 4.90 Å². The molecule has 1 aliphatic carbocycles. The van der Waals surface area contributed by atoms with Gasteiger partial charge in [-0.15, -0.1) is 0 Å². The van der Waals surface area contributed by atoms with Crippen molar-refractivity contribution in [3.63, 3.8) is 0 Å². The molecule has 0 bridgehead atoms. The van der Waals surface area contributed by atoms with Gasteiger partial charge in [-0.1, -0.05) is 36.9 Å². The number of nitrogens with one attached hydrogen (secondary N) is 1. The van der Waals surface area contributed by atoms with Crippen molar-refractivity contribution in [3.8, 4) is 0 Å². The second-order valence-electron chi connectivity index (χ2n) is 6.68. The highest BCUT2D eigenvalue weighted by atomic mass is 35.5. The first kappa shape index (κ1) is 15.3. The molecule has 4 heteroatoms. The lowest BCUT2D eigenvalue weighted by Gasteiger charge is -2.51. The number of rotatable bonds is 2. The third kappa shape index (κ3) is 3.25. The Balaban J connectivity index is 1.82. The molecule has 1 N–H and O–H groups in total. The van der Waals surface area contributed by atoms with Crippen LogP contribution in [0.3, 0.4) is 0 Å². The summed E-state index contributed by atoms with van der Waals surface area (Å²) in [6.45, 7) is 4.92. The van der Waals surface area contributed by atoms with Gasteiger partial charge in [-0.2, -0.15) is 0 Å². The Morgan fingerprint density at radius 2 is 2.10 bits per heavy atom. The Morgan fingerprint density at radius 3 is 2.81 bits per heavy atom. The number of hydrogen-bond acceptors (Lipinski definition) is 2. The molecule has 116 valence electrons. The number of nitrogens with zero attached hydrogens (tertiary/aromatic N) is 1. The minimum Gasteiger partial charge on any atom is -0.311 e. The molecule has 2 fully saturated rings. The van der Waals surface area contributed by atoms with E-state index in [2.05, 4.69) is 17.1 Å². The van der Waals surface area contributed by atoms with Gasteiger partial charge in [-0.05, 0) is 31.9 Å². The lowest BCUT2D eigenvalue weighted by atomic mass is 9.78. The fourth-order valence-corrected chi connectivity index (χ4v) is 4.01. The number of hydrogen-bond donors (Lipinski definition) is 1. The summed E-state index contributed by atoms with van der Waals surface area (Å²) in [6.07, 6.45) is 6.36. The number of halogens is 2. The van der Waals surface area contributed by atoms with Gasteiger partial charge in [-0.25, -0.2) is 4.39 Å². The van der Waals surface area contributed by atoms with Crippen molar-refractivity contribution in [3.05, 3.63) is 34.6 Å². The van der Waals surface area contributed by atoms with Crippen molar-refractivity contribution in [2.75, 3.05) is 13.1 Å². The van der Waals surface area contributed by atoms with Crippen molar-refractivity contribution < 1.29 is 4.39 Å². The summed E-state index contributed by atoms with van der Waals surface area (Å²) in [7, 11) is 0. The molecule has 1 heterocycles. The summed E-state index contributed by atoms with van der Waals surface area (Å²) in [4.78, 5) is 2.51. The third-order valence-corrected chi connectivity index (χ3v) is 5.34. The molecule has 1 saturated heterocycles. The highest BCUT2D eigenvalue weighted by molar-refractivity contribution is 6.30. The molecule has 2 nitrogen and oxygen atoms in total. The molecule has 1 saturated carbocycles. The van der Waals surface area contributed by atoms with Gasteiger partial charge >= 0.3 is 0 Å². The molecular formula is C17H24ClFN2. The average molecular weight is 311 g/mol. The Morgan fingerprint density at radius 1 is 1.33 bits per heavy atom. The zero-order chi connectivity index (χ0) is 14.9. The number of piperazine rings is 1. The van der Waals surface area contributed by atoms with Crippen molar-refractivity contribution >= 4 is 11.6 Å². The Kier molecular flexibility index (Phi) is 4.53. The maximum atomic E-state index is 14.1. The van der Waals surface area contributed by atoms with E-state index in [1.54, 1.807) is 6.07 Å². The minimum absolute atomic E-state index is 0.181. The molecule has 0 aromatic heterocycles. The standard InChI is InChI=1S/C17H24ClFN2/c1-13-10-21(11-14-5-6-15(18)9-16(14)19)17(12-20-13)7-3-2-4-8-17/h5-6,9,13,20H,2-4,7-8,10-12H2,1H3. The van der Waals surface area contributed by atoms with E-state index in [4.69, 9.17) is 11.6 Å². The Bertz CT molecular complexity index is 500. The highest BCUT2D eigenvalue weighted by Gasteiger charge is 2.41. The monoisotopic (exact) mass is 310 g/mol. The summed E-state index contributed by atoms with van der Waals surface area (Å²) in [6, 6.07) is 5.52. The van der Waals surface area contributed by atoms with Crippen LogP contribution in [-0.2, 0) is 6.54 Å². The summed E-state index contributed by atoms with van der Waals surface area (Å²) >= 11 is 5.86. The van der Waals surface area contributed by atoms with Gasteiger partial charge in [0.25, 0.3) is 0 Å². The first-order chi connectivity index (χ1) is 10.1. The van der Waals surface area contributed by atoms with E-state index in [-0.39, 0.29) is 11.4 Å². The van der Waals surface area contributed by atoms with Gasteiger partial charge in [0.05, 0.1) is 0 Å². The van der Waals surface area contributed by atoms with Gasteiger partial charge in [0.1, 0.15) is 5.82 Å². The largest absolute Gasteiger partial charge is 0.311 e. The van der Waals surface area contributed by atoms with Crippen molar-refractivity contribution in [2.24, 2.45) is 0 Å². The summed E-state index contributed by atoms with van der Waals surface area (Å²) < 4.78 is 14.1. The molecule has 1 unspecified atom stereocenters. The van der Waals surface area contributed by atoms with Crippen LogP contribution in [0.1, 0.15) is 44.6 Å². The van der Waals surface area contributed by atoms with Crippen LogP contribution in [0.2, 0.25) is 5.02 Å². The molecule has 0 amide bonds. The van der Waals surface area contributed by atoms with E-state index >= 15 is 0 Å². The topological polar surface area (TPSA) is 15.3 Å². The zero-order valence-electron chi connectivity index (χ0n) is 12.7. The van der Waals surface area contributed by atoms with Crippen LogP contribution < -0.4 is 5.32 Å². The van der Waals surface area contributed by atoms with E-state index < -0.39 is 0 Å². The van der Waals surface area contributed by atoms with Gasteiger partial charge in [0.15, 0.2) is 0 Å². The molecule has 1 aromatic carbocycles. The van der Waals surface area contributed by atoms with Gasteiger partial charge in [0, 0.05) is 41.8 Å². The maximum absolute atomic E-state index is 14.1. The second kappa shape index (κ2) is 6.23. The van der Waals surface area contributed by atoms with Crippen LogP contribution in [0.4, 0.5) is 4.39 Å². The van der Waals surface area contributed by atoms with Gasteiger partial charge in [0.2, 0.25) is 0 Å². The molecule has 1 aliphatic heterocycles. The fraction of sp³-hybridized carbons (Fsp3) is 0.647. The highest BCUT2D eigenvalue weighted by Crippen LogP contribution is 2.36. The molecule has 21 heavy (non-hydrogen) atoms. The molecule has 0 radical (unpaired) electrons. The minimum atomic E-state index is -0.181. The number of benzene rings is 1. The van der Waals surface area contributed by atoms with Crippen molar-refractivity contribution in [2.45, 2.75) is 57.2 Å². The molecule has 2 aliphatic rings. The molecule has 1 atom stereocenters. The summed E-state index contributed by atoms with van der Waals surface area (Å²) in [5.41, 5.74) is 0.982. The van der Waals surface area contributed by atoms with Crippen LogP contribution in [0.15, 0.2) is 18.2 Å². The average Bonchev–Trinajstić information content (AvgIpc) is 2.47. The van der Waals surface area contributed by atoms with E-state index in [1.807, 2.05) is 6.07 Å². The van der Waals surface area contributed by atoms with Crippen LogP contribution in [0.25, 0.3) is 0 Å².